The van der Waals surface area contributed by atoms with Crippen LogP contribution in [0.2, 0.25) is 0 Å². The number of fused-ring (bicyclic) bond motifs is 2. The number of benzene rings is 2. The van der Waals surface area contributed by atoms with Crippen molar-refractivity contribution in [2.75, 3.05) is 31.5 Å². The summed E-state index contributed by atoms with van der Waals surface area (Å²) < 4.78 is 13.3. The van der Waals surface area contributed by atoms with E-state index < -0.39 is 0 Å². The molecule has 2 aliphatic rings. The van der Waals surface area contributed by atoms with Gasteiger partial charge in [0.05, 0.1) is 17.7 Å². The van der Waals surface area contributed by atoms with E-state index in [0.717, 1.165) is 79.6 Å². The number of anilines is 1. The quantitative estimate of drug-likeness (QED) is 0.645. The average Bonchev–Trinajstić information content (AvgIpc) is 2.81. The highest BCUT2D eigenvalue weighted by Gasteiger charge is 2.26. The Hall–Kier alpha value is -2.83. The second-order valence-corrected chi connectivity index (χ2v) is 8.84. The van der Waals surface area contributed by atoms with Crippen molar-refractivity contribution in [3.8, 4) is 0 Å². The van der Waals surface area contributed by atoms with Crippen LogP contribution in [0.25, 0.3) is 10.9 Å². The summed E-state index contributed by atoms with van der Waals surface area (Å²) in [6.07, 6.45) is 5.00. The van der Waals surface area contributed by atoms with Crippen LogP contribution in [0.4, 0.5) is 10.1 Å². The predicted molar refractivity (Wildman–Crippen MR) is 125 cm³/mol. The van der Waals surface area contributed by atoms with Gasteiger partial charge in [-0.25, -0.2) is 4.39 Å². The van der Waals surface area contributed by atoms with Crippen LogP contribution in [0.5, 0.6) is 0 Å². The second kappa shape index (κ2) is 9.35. The molecule has 1 aliphatic carbocycles. The zero-order chi connectivity index (χ0) is 21.9. The number of pyridine rings is 1. The molecule has 0 saturated carbocycles. The molecule has 1 atom stereocenters. The van der Waals surface area contributed by atoms with Gasteiger partial charge in [0, 0.05) is 36.8 Å². The number of amides is 1. The lowest BCUT2D eigenvalue weighted by Crippen LogP contribution is -2.54. The number of nitrogens with zero attached hydrogens (tertiary/aromatic N) is 2. The molecule has 0 radical (unpaired) electrons. The van der Waals surface area contributed by atoms with Crippen LogP contribution >= 0.6 is 0 Å². The van der Waals surface area contributed by atoms with Crippen molar-refractivity contribution in [2.24, 2.45) is 0 Å². The van der Waals surface area contributed by atoms with E-state index in [0.29, 0.717) is 6.54 Å². The van der Waals surface area contributed by atoms with Crippen molar-refractivity contribution >= 4 is 22.5 Å². The lowest BCUT2D eigenvalue weighted by molar-refractivity contribution is -0.118. The summed E-state index contributed by atoms with van der Waals surface area (Å²) >= 11 is 0. The number of piperazine rings is 1. The Labute approximate surface area is 188 Å². The number of nitrogens with one attached hydrogen (secondary N) is 2. The number of hydrogen-bond donors (Lipinski definition) is 2. The van der Waals surface area contributed by atoms with Gasteiger partial charge in [0.2, 0.25) is 5.91 Å². The molecule has 1 aliphatic heterocycles. The van der Waals surface area contributed by atoms with Gasteiger partial charge >= 0.3 is 0 Å². The molecule has 5 nitrogen and oxygen atoms in total. The number of carbonyl (C=O) groups excluding carboxylic acids is 1. The first-order chi connectivity index (χ1) is 15.7. The third-order valence-electron chi connectivity index (χ3n) is 6.64. The highest BCUT2D eigenvalue weighted by Crippen LogP contribution is 2.33. The number of aromatic nitrogens is 1. The first kappa shape index (κ1) is 21.0. The summed E-state index contributed by atoms with van der Waals surface area (Å²) in [5, 5.41) is 7.71. The van der Waals surface area contributed by atoms with Crippen LogP contribution in [0, 0.1) is 5.82 Å². The number of rotatable bonds is 5. The van der Waals surface area contributed by atoms with E-state index in [1.165, 1.54) is 17.7 Å². The number of halogens is 1. The van der Waals surface area contributed by atoms with E-state index in [1.807, 2.05) is 30.3 Å². The molecule has 2 heterocycles. The smallest absolute Gasteiger partial charge is 0.238 e. The zero-order valence-corrected chi connectivity index (χ0v) is 18.2. The fourth-order valence-corrected chi connectivity index (χ4v) is 4.98. The van der Waals surface area contributed by atoms with E-state index in [9.17, 15) is 9.18 Å². The molecule has 2 aromatic carbocycles. The van der Waals surface area contributed by atoms with Gasteiger partial charge in [-0.1, -0.05) is 30.3 Å². The van der Waals surface area contributed by atoms with Crippen LogP contribution in [0.3, 0.4) is 0 Å². The summed E-state index contributed by atoms with van der Waals surface area (Å²) in [5.74, 6) is -0.209. The lowest BCUT2D eigenvalue weighted by atomic mass is 9.92. The van der Waals surface area contributed by atoms with E-state index in [2.05, 4.69) is 21.6 Å². The molecule has 0 spiro atoms. The SMILES string of the molecule is O=C(CN1CCNCC1Cc1ccc(F)cc1)Nc1c2c(nc3ccccc13)CCCC2. The summed E-state index contributed by atoms with van der Waals surface area (Å²) in [6.45, 7) is 2.84. The molecule has 1 amide bonds. The molecule has 3 aromatic rings. The van der Waals surface area contributed by atoms with Gasteiger partial charge < -0.3 is 10.6 Å². The first-order valence-electron chi connectivity index (χ1n) is 11.6. The van der Waals surface area contributed by atoms with Gasteiger partial charge in [-0.3, -0.25) is 14.7 Å². The summed E-state index contributed by atoms with van der Waals surface area (Å²) in [6, 6.07) is 14.9. The minimum atomic E-state index is -0.223. The molecule has 1 fully saturated rings. The zero-order valence-electron chi connectivity index (χ0n) is 18.2. The molecule has 166 valence electrons. The largest absolute Gasteiger partial charge is 0.324 e. The fourth-order valence-electron chi connectivity index (χ4n) is 4.98. The van der Waals surface area contributed by atoms with Crippen molar-refractivity contribution < 1.29 is 9.18 Å². The minimum Gasteiger partial charge on any atom is -0.324 e. The molecular formula is C26H29FN4O. The number of para-hydroxylation sites is 1. The lowest BCUT2D eigenvalue weighted by Gasteiger charge is -2.36. The van der Waals surface area contributed by atoms with Gasteiger partial charge in [-0.15, -0.1) is 0 Å². The normalized spacial score (nSPS) is 19.0. The summed E-state index contributed by atoms with van der Waals surface area (Å²) in [4.78, 5) is 20.3. The van der Waals surface area contributed by atoms with Gasteiger partial charge in [0.25, 0.3) is 0 Å². The maximum Gasteiger partial charge on any atom is 0.238 e. The standard InChI is InChI=1S/C26H29FN4O/c27-19-11-9-18(10-12-19)15-20-16-28-13-14-31(20)17-25(32)30-26-21-5-1-3-7-23(21)29-24-8-4-2-6-22(24)26/h1,3,5,7,9-12,20,28H,2,4,6,8,13-17H2,(H,29,30,32). The van der Waals surface area contributed by atoms with E-state index in [-0.39, 0.29) is 17.8 Å². The molecule has 32 heavy (non-hydrogen) atoms. The molecule has 1 aromatic heterocycles. The third-order valence-corrected chi connectivity index (χ3v) is 6.64. The van der Waals surface area contributed by atoms with Crippen LogP contribution in [0.1, 0.15) is 29.7 Å². The molecule has 2 N–H and O–H groups in total. The third kappa shape index (κ3) is 4.52. The molecule has 1 saturated heterocycles. The molecule has 0 bridgehead atoms. The van der Waals surface area contributed by atoms with E-state index >= 15 is 0 Å². The van der Waals surface area contributed by atoms with Crippen LogP contribution in [-0.4, -0.2) is 48.0 Å². The van der Waals surface area contributed by atoms with Gasteiger partial charge in [-0.2, -0.15) is 0 Å². The van der Waals surface area contributed by atoms with Crippen LogP contribution in [0.15, 0.2) is 48.5 Å². The monoisotopic (exact) mass is 432 g/mol. The highest BCUT2D eigenvalue weighted by atomic mass is 19.1. The van der Waals surface area contributed by atoms with E-state index in [4.69, 9.17) is 4.98 Å². The van der Waals surface area contributed by atoms with Crippen LogP contribution in [-0.2, 0) is 24.1 Å². The summed E-state index contributed by atoms with van der Waals surface area (Å²) in [5.41, 5.74) is 5.30. The molecular weight excluding hydrogens is 403 g/mol. The van der Waals surface area contributed by atoms with Crippen molar-refractivity contribution in [1.82, 2.24) is 15.2 Å². The minimum absolute atomic E-state index is 0.0140. The topological polar surface area (TPSA) is 57.3 Å². The molecule has 6 heteroatoms. The maximum absolute atomic E-state index is 13.3. The van der Waals surface area contributed by atoms with E-state index in [1.54, 1.807) is 0 Å². The Bertz CT molecular complexity index is 1110. The Kier molecular flexibility index (Phi) is 6.14. The van der Waals surface area contributed by atoms with Crippen LogP contribution < -0.4 is 10.6 Å². The van der Waals surface area contributed by atoms with Gasteiger partial charge in [0.1, 0.15) is 5.82 Å². The Morgan fingerprint density at radius 2 is 1.94 bits per heavy atom. The van der Waals surface area contributed by atoms with Gasteiger partial charge in [-0.05, 0) is 61.4 Å². The Balaban J connectivity index is 1.34. The first-order valence-corrected chi connectivity index (χ1v) is 11.6. The fraction of sp³-hybridized carbons (Fsp3) is 0.385. The Morgan fingerprint density at radius 3 is 2.81 bits per heavy atom. The van der Waals surface area contributed by atoms with Gasteiger partial charge in [0.15, 0.2) is 0 Å². The number of carbonyl (C=O) groups is 1. The maximum atomic E-state index is 13.3. The second-order valence-electron chi connectivity index (χ2n) is 8.84. The molecule has 5 rings (SSSR count). The average molecular weight is 433 g/mol. The molecule has 1 unspecified atom stereocenters. The van der Waals surface area contributed by atoms with Crippen molar-refractivity contribution in [3.63, 3.8) is 0 Å². The van der Waals surface area contributed by atoms with Crippen molar-refractivity contribution in [1.29, 1.82) is 0 Å². The number of hydrogen-bond acceptors (Lipinski definition) is 4. The highest BCUT2D eigenvalue weighted by molar-refractivity contribution is 6.03. The van der Waals surface area contributed by atoms with Crippen molar-refractivity contribution in [3.05, 3.63) is 71.2 Å². The number of aryl methyl sites for hydroxylation is 1. The summed E-state index contributed by atoms with van der Waals surface area (Å²) in [7, 11) is 0. The Morgan fingerprint density at radius 1 is 1.12 bits per heavy atom. The predicted octanol–water partition coefficient (Wildman–Crippen LogP) is 3.71. The van der Waals surface area contributed by atoms with Crippen molar-refractivity contribution in [2.45, 2.75) is 38.1 Å².